The van der Waals surface area contributed by atoms with Gasteiger partial charge in [0.2, 0.25) is 0 Å². The van der Waals surface area contributed by atoms with Gasteiger partial charge in [0.15, 0.2) is 0 Å². The molecule has 2 atom stereocenters. The maximum Gasteiger partial charge on any atom is 0.0444 e. The van der Waals surface area contributed by atoms with Crippen LogP contribution >= 0.6 is 0 Å². The average Bonchev–Trinajstić information content (AvgIpc) is 1.60. The molecule has 0 radical (unpaired) electrons. The van der Waals surface area contributed by atoms with Gasteiger partial charge < -0.3 is 0 Å². The Morgan fingerprint density at radius 1 is 1.67 bits per heavy atom. The van der Waals surface area contributed by atoms with Gasteiger partial charge in [-0.25, -0.2) is 4.21 Å². The molecule has 2 unspecified atom stereocenters. The van der Waals surface area contributed by atoms with Crippen molar-refractivity contribution in [1.82, 2.24) is 0 Å². The molecular weight excluding hydrogens is 134 g/mol. The highest BCUT2D eigenvalue weighted by Crippen LogP contribution is 2.17. The molecule has 1 fully saturated rings. The van der Waals surface area contributed by atoms with Crippen LogP contribution in [0.3, 0.4) is 0 Å². The minimum absolute atomic E-state index is 0.517. The van der Waals surface area contributed by atoms with Gasteiger partial charge in [0.05, 0.1) is 0 Å². The summed E-state index contributed by atoms with van der Waals surface area (Å²) in [4.78, 5) is 0. The first-order valence-electron chi connectivity index (χ1n) is 3.34. The van der Waals surface area contributed by atoms with Crippen molar-refractivity contribution in [1.29, 1.82) is 4.78 Å². The van der Waals surface area contributed by atoms with Crippen LogP contribution in [0.2, 0.25) is 0 Å². The molecule has 1 saturated heterocycles. The van der Waals surface area contributed by atoms with Gasteiger partial charge >= 0.3 is 0 Å². The summed E-state index contributed by atoms with van der Waals surface area (Å²) in [7, 11) is -2.13. The number of nitrogens with one attached hydrogen (secondary N) is 1. The van der Waals surface area contributed by atoms with E-state index in [2.05, 4.69) is 6.92 Å². The van der Waals surface area contributed by atoms with Crippen molar-refractivity contribution in [2.75, 3.05) is 11.5 Å². The predicted octanol–water partition coefficient (Wildman–Crippen LogP) is 1.46. The van der Waals surface area contributed by atoms with Crippen molar-refractivity contribution in [2.24, 2.45) is 5.92 Å². The van der Waals surface area contributed by atoms with Gasteiger partial charge in [-0.2, -0.15) is 0 Å². The van der Waals surface area contributed by atoms with Crippen molar-refractivity contribution >= 4 is 9.73 Å². The van der Waals surface area contributed by atoms with Gasteiger partial charge in [0, 0.05) is 21.2 Å². The topological polar surface area (TPSA) is 40.9 Å². The lowest BCUT2D eigenvalue weighted by atomic mass is 10.1. The molecule has 0 aromatic rings. The van der Waals surface area contributed by atoms with Crippen LogP contribution in [-0.2, 0) is 9.73 Å². The summed E-state index contributed by atoms with van der Waals surface area (Å²) in [5.74, 6) is 1.79. The maximum atomic E-state index is 11.1. The molecule has 0 spiro atoms. The van der Waals surface area contributed by atoms with Crippen molar-refractivity contribution < 1.29 is 4.21 Å². The summed E-state index contributed by atoms with van der Waals surface area (Å²) in [5.41, 5.74) is 0. The number of hydrogen-bond acceptors (Lipinski definition) is 2. The van der Waals surface area contributed by atoms with E-state index in [4.69, 9.17) is 4.78 Å². The molecule has 0 amide bonds. The minimum atomic E-state index is -2.13. The van der Waals surface area contributed by atoms with Gasteiger partial charge in [-0.05, 0) is 18.8 Å². The Bertz CT molecular complexity index is 183. The first kappa shape index (κ1) is 7.06. The smallest absolute Gasteiger partial charge is 0.0444 e. The predicted molar refractivity (Wildman–Crippen MR) is 39.0 cm³/mol. The largest absolute Gasteiger partial charge is 0.253 e. The van der Waals surface area contributed by atoms with Crippen LogP contribution in [0.25, 0.3) is 0 Å². The highest BCUT2D eigenvalue weighted by atomic mass is 32.2. The van der Waals surface area contributed by atoms with Crippen LogP contribution in [0.15, 0.2) is 0 Å². The summed E-state index contributed by atoms with van der Waals surface area (Å²) >= 11 is 0. The van der Waals surface area contributed by atoms with E-state index in [0.717, 1.165) is 12.8 Å². The SMILES string of the molecule is CC1CCCS(=N)(=O)C1. The molecule has 1 rings (SSSR count). The monoisotopic (exact) mass is 147 g/mol. The Kier molecular flexibility index (Phi) is 1.80. The minimum Gasteiger partial charge on any atom is -0.253 e. The fraction of sp³-hybridized carbons (Fsp3) is 1.00. The van der Waals surface area contributed by atoms with Gasteiger partial charge in [-0.3, -0.25) is 4.78 Å². The molecule has 0 aromatic heterocycles. The summed E-state index contributed by atoms with van der Waals surface area (Å²) in [6.45, 7) is 2.08. The van der Waals surface area contributed by atoms with E-state index in [1.165, 1.54) is 0 Å². The Morgan fingerprint density at radius 3 is 2.67 bits per heavy atom. The normalized spacial score (nSPS) is 44.8. The molecule has 1 aliphatic rings. The first-order chi connectivity index (χ1) is 4.10. The molecule has 2 nitrogen and oxygen atoms in total. The Morgan fingerprint density at radius 2 is 2.33 bits per heavy atom. The van der Waals surface area contributed by atoms with Crippen LogP contribution in [0.5, 0.6) is 0 Å². The molecular formula is C6H13NOS. The summed E-state index contributed by atoms with van der Waals surface area (Å²) in [6, 6.07) is 0. The zero-order valence-electron chi connectivity index (χ0n) is 5.72. The van der Waals surface area contributed by atoms with E-state index in [9.17, 15) is 4.21 Å². The summed E-state index contributed by atoms with van der Waals surface area (Å²) < 4.78 is 18.4. The van der Waals surface area contributed by atoms with Crippen molar-refractivity contribution in [2.45, 2.75) is 19.8 Å². The van der Waals surface area contributed by atoms with Crippen molar-refractivity contribution in [3.05, 3.63) is 0 Å². The van der Waals surface area contributed by atoms with Gasteiger partial charge in [-0.15, -0.1) is 0 Å². The van der Waals surface area contributed by atoms with E-state index >= 15 is 0 Å². The summed E-state index contributed by atoms with van der Waals surface area (Å²) in [6.07, 6.45) is 2.15. The number of hydrogen-bond donors (Lipinski definition) is 1. The third-order valence-electron chi connectivity index (χ3n) is 1.72. The fourth-order valence-electron chi connectivity index (χ4n) is 1.29. The van der Waals surface area contributed by atoms with Crippen molar-refractivity contribution in [3.8, 4) is 0 Å². The van der Waals surface area contributed by atoms with Crippen molar-refractivity contribution in [3.63, 3.8) is 0 Å². The zero-order chi connectivity index (χ0) is 6.91. The lowest BCUT2D eigenvalue weighted by Gasteiger charge is -2.19. The van der Waals surface area contributed by atoms with Crippen LogP contribution in [0.4, 0.5) is 0 Å². The fourth-order valence-corrected chi connectivity index (χ4v) is 3.18. The molecule has 1 N–H and O–H groups in total. The van der Waals surface area contributed by atoms with Gasteiger partial charge in [-0.1, -0.05) is 6.92 Å². The standard InChI is InChI=1S/C6H13NOS/c1-6-3-2-4-9(7,8)5-6/h6-7H,2-5H2,1H3. The van der Waals surface area contributed by atoms with Crippen LogP contribution in [0.1, 0.15) is 19.8 Å². The maximum absolute atomic E-state index is 11.1. The third-order valence-corrected chi connectivity index (χ3v) is 3.78. The lowest BCUT2D eigenvalue weighted by Crippen LogP contribution is -2.21. The average molecular weight is 147 g/mol. The lowest BCUT2D eigenvalue weighted by molar-refractivity contribution is 0.547. The second-order valence-electron chi connectivity index (χ2n) is 2.93. The Hall–Kier alpha value is -0.0500. The molecule has 1 aliphatic heterocycles. The quantitative estimate of drug-likeness (QED) is 0.553. The van der Waals surface area contributed by atoms with Crippen LogP contribution in [-0.4, -0.2) is 15.7 Å². The molecule has 54 valence electrons. The van der Waals surface area contributed by atoms with E-state index in [1.807, 2.05) is 0 Å². The molecule has 1 heterocycles. The van der Waals surface area contributed by atoms with E-state index in [-0.39, 0.29) is 0 Å². The summed E-state index contributed by atoms with van der Waals surface area (Å²) in [5, 5.41) is 0. The van der Waals surface area contributed by atoms with E-state index in [0.29, 0.717) is 17.4 Å². The molecule has 0 aliphatic carbocycles. The second-order valence-corrected chi connectivity index (χ2v) is 5.30. The highest BCUT2D eigenvalue weighted by Gasteiger charge is 2.17. The molecule has 3 heteroatoms. The zero-order valence-corrected chi connectivity index (χ0v) is 6.54. The Balaban J connectivity index is 2.62. The van der Waals surface area contributed by atoms with Gasteiger partial charge in [0.1, 0.15) is 0 Å². The van der Waals surface area contributed by atoms with E-state index < -0.39 is 9.73 Å². The van der Waals surface area contributed by atoms with Crippen LogP contribution in [0, 0.1) is 10.7 Å². The Labute approximate surface area is 56.6 Å². The molecule has 0 aromatic carbocycles. The molecule has 9 heavy (non-hydrogen) atoms. The second kappa shape index (κ2) is 2.29. The first-order valence-corrected chi connectivity index (χ1v) is 5.24. The third kappa shape index (κ3) is 1.97. The van der Waals surface area contributed by atoms with Crippen LogP contribution < -0.4 is 0 Å². The van der Waals surface area contributed by atoms with E-state index in [1.54, 1.807) is 0 Å². The molecule has 0 bridgehead atoms. The molecule has 0 saturated carbocycles. The van der Waals surface area contributed by atoms with Gasteiger partial charge in [0.25, 0.3) is 0 Å². The highest BCUT2D eigenvalue weighted by molar-refractivity contribution is 7.92. The number of rotatable bonds is 0.